The lowest BCUT2D eigenvalue weighted by atomic mass is 9.95. The van der Waals surface area contributed by atoms with Gasteiger partial charge in [-0.15, -0.1) is 0 Å². The number of amides is 1. The fraction of sp³-hybridized carbons (Fsp3) is 0.125. The molecule has 2 aromatic carbocycles. The number of carbonyl (C=O) groups excluding carboxylic acids is 1. The highest BCUT2D eigenvalue weighted by molar-refractivity contribution is 6.30. The molecule has 2 rings (SSSR count). The Bertz CT molecular complexity index is 662. The highest BCUT2D eigenvalue weighted by atomic mass is 35.5. The zero-order chi connectivity index (χ0) is 14.5. The van der Waals surface area contributed by atoms with E-state index in [9.17, 15) is 10.1 Å². The zero-order valence-electron chi connectivity index (χ0n) is 10.9. The van der Waals surface area contributed by atoms with Crippen LogP contribution in [-0.2, 0) is 4.79 Å². The standard InChI is InChI=1S/C16H13ClN2O/c1-11(20)19-16(12-5-3-2-4-6-12)15-9-14(17)8-7-13(15)10-18/h2-9,16H,1H3,(H,19,20). The Balaban J connectivity index is 2.55. The second-order valence-corrected chi connectivity index (χ2v) is 4.82. The van der Waals surface area contributed by atoms with Crippen LogP contribution in [0.4, 0.5) is 0 Å². The first-order valence-electron chi connectivity index (χ1n) is 6.13. The molecule has 0 bridgehead atoms. The van der Waals surface area contributed by atoms with E-state index in [4.69, 9.17) is 11.6 Å². The molecule has 0 saturated carbocycles. The number of nitrogens with one attached hydrogen (secondary N) is 1. The molecule has 4 heteroatoms. The average molecular weight is 285 g/mol. The summed E-state index contributed by atoms with van der Waals surface area (Å²) in [6, 6.07) is 16.3. The van der Waals surface area contributed by atoms with Crippen LogP contribution in [0.3, 0.4) is 0 Å². The summed E-state index contributed by atoms with van der Waals surface area (Å²) in [6.07, 6.45) is 0. The van der Waals surface area contributed by atoms with E-state index in [2.05, 4.69) is 11.4 Å². The molecule has 1 unspecified atom stereocenters. The lowest BCUT2D eigenvalue weighted by Crippen LogP contribution is -2.27. The van der Waals surface area contributed by atoms with Crippen LogP contribution in [0.2, 0.25) is 5.02 Å². The SMILES string of the molecule is CC(=O)NC(c1ccccc1)c1cc(Cl)ccc1C#N. The Morgan fingerprint density at radius 1 is 1.25 bits per heavy atom. The van der Waals surface area contributed by atoms with Crippen LogP contribution in [0, 0.1) is 11.3 Å². The predicted octanol–water partition coefficient (Wildman–Crippen LogP) is 3.44. The van der Waals surface area contributed by atoms with E-state index in [0.29, 0.717) is 16.1 Å². The lowest BCUT2D eigenvalue weighted by Gasteiger charge is -2.20. The summed E-state index contributed by atoms with van der Waals surface area (Å²) in [4.78, 5) is 11.5. The number of carbonyl (C=O) groups is 1. The molecule has 0 spiro atoms. The van der Waals surface area contributed by atoms with Crippen molar-refractivity contribution < 1.29 is 4.79 Å². The summed E-state index contributed by atoms with van der Waals surface area (Å²) < 4.78 is 0. The van der Waals surface area contributed by atoms with Crippen LogP contribution in [0.1, 0.15) is 29.7 Å². The maximum Gasteiger partial charge on any atom is 0.217 e. The van der Waals surface area contributed by atoms with Gasteiger partial charge >= 0.3 is 0 Å². The molecular weight excluding hydrogens is 272 g/mol. The maximum absolute atomic E-state index is 11.5. The number of halogens is 1. The minimum atomic E-state index is -0.387. The molecule has 0 fully saturated rings. The van der Waals surface area contributed by atoms with E-state index in [1.807, 2.05) is 30.3 Å². The Morgan fingerprint density at radius 3 is 2.55 bits per heavy atom. The minimum absolute atomic E-state index is 0.164. The van der Waals surface area contributed by atoms with Crippen LogP contribution in [0.25, 0.3) is 0 Å². The Morgan fingerprint density at radius 2 is 1.95 bits per heavy atom. The molecular formula is C16H13ClN2O. The molecule has 1 amide bonds. The summed E-state index contributed by atoms with van der Waals surface area (Å²) in [5, 5.41) is 12.6. The van der Waals surface area contributed by atoms with Crippen molar-refractivity contribution in [1.29, 1.82) is 5.26 Å². The van der Waals surface area contributed by atoms with Gasteiger partial charge in [-0.2, -0.15) is 5.26 Å². The molecule has 1 N–H and O–H groups in total. The molecule has 0 aliphatic heterocycles. The molecule has 0 heterocycles. The summed E-state index contributed by atoms with van der Waals surface area (Å²) >= 11 is 6.02. The smallest absolute Gasteiger partial charge is 0.217 e. The summed E-state index contributed by atoms with van der Waals surface area (Å²) in [7, 11) is 0. The summed E-state index contributed by atoms with van der Waals surface area (Å²) in [6.45, 7) is 1.45. The quantitative estimate of drug-likeness (QED) is 0.939. The third-order valence-corrected chi connectivity index (χ3v) is 3.16. The van der Waals surface area contributed by atoms with Gasteiger partial charge in [0.2, 0.25) is 5.91 Å². The van der Waals surface area contributed by atoms with Crippen molar-refractivity contribution in [3.05, 3.63) is 70.2 Å². The summed E-state index contributed by atoms with van der Waals surface area (Å²) in [5.74, 6) is -0.164. The monoisotopic (exact) mass is 284 g/mol. The number of rotatable bonds is 3. The van der Waals surface area contributed by atoms with Crippen LogP contribution in [0.5, 0.6) is 0 Å². The number of nitrogens with zero attached hydrogens (tertiary/aromatic N) is 1. The first-order chi connectivity index (χ1) is 9.61. The van der Waals surface area contributed by atoms with Gasteiger partial charge in [0.15, 0.2) is 0 Å². The Kier molecular flexibility index (Phi) is 4.39. The fourth-order valence-electron chi connectivity index (χ4n) is 2.06. The molecule has 0 aliphatic rings. The number of hydrogen-bond donors (Lipinski definition) is 1. The second kappa shape index (κ2) is 6.23. The van der Waals surface area contributed by atoms with Gasteiger partial charge < -0.3 is 5.32 Å². The van der Waals surface area contributed by atoms with E-state index in [-0.39, 0.29) is 11.9 Å². The van der Waals surface area contributed by atoms with Crippen LogP contribution in [0.15, 0.2) is 48.5 Å². The molecule has 0 aromatic heterocycles. The third-order valence-electron chi connectivity index (χ3n) is 2.93. The highest BCUT2D eigenvalue weighted by Crippen LogP contribution is 2.27. The molecule has 0 saturated heterocycles. The van der Waals surface area contributed by atoms with Gasteiger partial charge in [0.1, 0.15) is 0 Å². The van der Waals surface area contributed by atoms with Gasteiger partial charge in [-0.1, -0.05) is 41.9 Å². The maximum atomic E-state index is 11.5. The molecule has 2 aromatic rings. The number of nitriles is 1. The highest BCUT2D eigenvalue weighted by Gasteiger charge is 2.18. The molecule has 0 aliphatic carbocycles. The van der Waals surface area contributed by atoms with E-state index in [1.54, 1.807) is 18.2 Å². The van der Waals surface area contributed by atoms with Crippen molar-refractivity contribution in [1.82, 2.24) is 5.32 Å². The molecule has 1 atom stereocenters. The van der Waals surface area contributed by atoms with E-state index < -0.39 is 0 Å². The van der Waals surface area contributed by atoms with Crippen LogP contribution in [-0.4, -0.2) is 5.91 Å². The Labute approximate surface area is 122 Å². The molecule has 3 nitrogen and oxygen atoms in total. The zero-order valence-corrected chi connectivity index (χ0v) is 11.7. The second-order valence-electron chi connectivity index (χ2n) is 4.39. The molecule has 20 heavy (non-hydrogen) atoms. The van der Waals surface area contributed by atoms with E-state index in [0.717, 1.165) is 5.56 Å². The van der Waals surface area contributed by atoms with Crippen molar-refractivity contribution in [3.63, 3.8) is 0 Å². The van der Waals surface area contributed by atoms with E-state index >= 15 is 0 Å². The van der Waals surface area contributed by atoms with Gasteiger partial charge in [-0.3, -0.25) is 4.79 Å². The van der Waals surface area contributed by atoms with Gasteiger partial charge in [0, 0.05) is 11.9 Å². The number of hydrogen-bond acceptors (Lipinski definition) is 2. The van der Waals surface area contributed by atoms with Gasteiger partial charge in [0.25, 0.3) is 0 Å². The van der Waals surface area contributed by atoms with Crippen molar-refractivity contribution in [2.45, 2.75) is 13.0 Å². The van der Waals surface area contributed by atoms with Crippen molar-refractivity contribution in [2.24, 2.45) is 0 Å². The van der Waals surface area contributed by atoms with Gasteiger partial charge in [-0.05, 0) is 29.3 Å². The largest absolute Gasteiger partial charge is 0.345 e. The number of benzene rings is 2. The van der Waals surface area contributed by atoms with Crippen LogP contribution >= 0.6 is 11.6 Å². The fourth-order valence-corrected chi connectivity index (χ4v) is 2.24. The summed E-state index contributed by atoms with van der Waals surface area (Å²) in [5.41, 5.74) is 2.10. The minimum Gasteiger partial charge on any atom is -0.345 e. The van der Waals surface area contributed by atoms with Crippen LogP contribution < -0.4 is 5.32 Å². The van der Waals surface area contributed by atoms with E-state index in [1.165, 1.54) is 6.92 Å². The van der Waals surface area contributed by atoms with Crippen molar-refractivity contribution in [2.75, 3.05) is 0 Å². The van der Waals surface area contributed by atoms with Gasteiger partial charge in [0.05, 0.1) is 17.7 Å². The predicted molar refractivity (Wildman–Crippen MR) is 78.3 cm³/mol. The van der Waals surface area contributed by atoms with Crippen molar-refractivity contribution >= 4 is 17.5 Å². The average Bonchev–Trinajstić information content (AvgIpc) is 2.45. The molecule has 0 radical (unpaired) electrons. The first-order valence-corrected chi connectivity index (χ1v) is 6.51. The Hall–Kier alpha value is -2.31. The normalized spacial score (nSPS) is 11.4. The van der Waals surface area contributed by atoms with Gasteiger partial charge in [-0.25, -0.2) is 0 Å². The lowest BCUT2D eigenvalue weighted by molar-refractivity contribution is -0.119. The first kappa shape index (κ1) is 14.1. The molecule has 100 valence electrons. The third kappa shape index (κ3) is 3.17. The topological polar surface area (TPSA) is 52.9 Å². The van der Waals surface area contributed by atoms with Crippen molar-refractivity contribution in [3.8, 4) is 6.07 Å².